The quantitative estimate of drug-likeness (QED) is 0.724. The molecular formula is C20H25N3O3. The average Bonchev–Trinajstić information content (AvgIpc) is 2.66. The van der Waals surface area contributed by atoms with Crippen LogP contribution in [-0.2, 0) is 0 Å². The van der Waals surface area contributed by atoms with Crippen molar-refractivity contribution in [3.05, 3.63) is 59.7 Å². The molecule has 2 aromatic rings. The van der Waals surface area contributed by atoms with E-state index in [2.05, 4.69) is 24.1 Å². The largest absolute Gasteiger partial charge is 0.490 e. The van der Waals surface area contributed by atoms with E-state index in [-0.39, 0.29) is 5.91 Å². The van der Waals surface area contributed by atoms with E-state index in [1.54, 1.807) is 18.2 Å². The van der Waals surface area contributed by atoms with Gasteiger partial charge in [0.2, 0.25) is 5.91 Å². The number of ether oxygens (including phenoxy) is 1. The number of likely N-dealkylation sites (N-methyl/N-ethyl adjacent to an activating group) is 1. The van der Waals surface area contributed by atoms with Gasteiger partial charge in [-0.3, -0.25) is 9.59 Å². The van der Waals surface area contributed by atoms with Crippen LogP contribution in [0, 0.1) is 0 Å². The Bertz CT molecular complexity index is 740. The van der Waals surface area contributed by atoms with Crippen molar-refractivity contribution in [3.8, 4) is 5.75 Å². The molecule has 0 unspecified atom stereocenters. The fourth-order valence-corrected chi connectivity index (χ4v) is 2.50. The van der Waals surface area contributed by atoms with Crippen molar-refractivity contribution in [2.24, 2.45) is 5.73 Å². The van der Waals surface area contributed by atoms with Crippen molar-refractivity contribution in [1.82, 2.24) is 4.90 Å². The first-order valence-electron chi connectivity index (χ1n) is 8.70. The molecule has 0 spiro atoms. The summed E-state index contributed by atoms with van der Waals surface area (Å²) >= 11 is 0. The number of hydrogen-bond donors (Lipinski definition) is 2. The number of nitrogens with one attached hydrogen (secondary N) is 1. The van der Waals surface area contributed by atoms with E-state index in [9.17, 15) is 9.59 Å². The van der Waals surface area contributed by atoms with Gasteiger partial charge in [0.25, 0.3) is 5.91 Å². The summed E-state index contributed by atoms with van der Waals surface area (Å²) in [6, 6.07) is 13.5. The van der Waals surface area contributed by atoms with Gasteiger partial charge >= 0.3 is 0 Å². The highest BCUT2D eigenvalue weighted by Gasteiger charge is 2.11. The van der Waals surface area contributed by atoms with Crippen molar-refractivity contribution < 1.29 is 14.3 Å². The highest BCUT2D eigenvalue weighted by molar-refractivity contribution is 6.05. The number of carbonyl (C=O) groups is 2. The molecule has 0 aromatic heterocycles. The van der Waals surface area contributed by atoms with Gasteiger partial charge in [-0.25, -0.2) is 0 Å². The lowest BCUT2D eigenvalue weighted by molar-refractivity contribution is 0.0995. The first-order chi connectivity index (χ1) is 12.5. The Morgan fingerprint density at radius 2 is 1.62 bits per heavy atom. The molecule has 0 aliphatic carbocycles. The number of nitrogens with zero attached hydrogens (tertiary/aromatic N) is 1. The van der Waals surface area contributed by atoms with Crippen molar-refractivity contribution in [3.63, 3.8) is 0 Å². The van der Waals surface area contributed by atoms with E-state index < -0.39 is 5.91 Å². The van der Waals surface area contributed by atoms with Crippen LogP contribution < -0.4 is 15.8 Å². The number of hydrogen-bond acceptors (Lipinski definition) is 4. The van der Waals surface area contributed by atoms with E-state index in [0.717, 1.165) is 19.6 Å². The molecule has 0 radical (unpaired) electrons. The third-order valence-electron chi connectivity index (χ3n) is 4.13. The summed E-state index contributed by atoms with van der Waals surface area (Å²) in [5.74, 6) is -0.175. The SMILES string of the molecule is CCN(CC)CCOc1ccccc1NC(=O)c1ccc(C(N)=O)cc1. The predicted molar refractivity (Wildman–Crippen MR) is 103 cm³/mol. The minimum absolute atomic E-state index is 0.277. The van der Waals surface area contributed by atoms with E-state index in [1.807, 2.05) is 18.2 Å². The lowest BCUT2D eigenvalue weighted by Gasteiger charge is -2.19. The molecule has 138 valence electrons. The fraction of sp³-hybridized carbons (Fsp3) is 0.300. The molecule has 0 bridgehead atoms. The first kappa shape index (κ1) is 19.5. The van der Waals surface area contributed by atoms with Crippen LogP contribution in [0.15, 0.2) is 48.5 Å². The van der Waals surface area contributed by atoms with Crippen LogP contribution in [0.5, 0.6) is 5.75 Å². The number of para-hydroxylation sites is 2. The minimum atomic E-state index is -0.524. The zero-order valence-electron chi connectivity index (χ0n) is 15.2. The Balaban J connectivity index is 2.02. The highest BCUT2D eigenvalue weighted by Crippen LogP contribution is 2.24. The number of carbonyl (C=O) groups excluding carboxylic acids is 2. The molecule has 0 atom stereocenters. The Morgan fingerprint density at radius 1 is 1.00 bits per heavy atom. The molecule has 0 saturated heterocycles. The van der Waals surface area contributed by atoms with E-state index >= 15 is 0 Å². The molecule has 0 aliphatic heterocycles. The molecule has 2 rings (SSSR count). The Labute approximate surface area is 153 Å². The minimum Gasteiger partial charge on any atom is -0.490 e. The zero-order valence-corrected chi connectivity index (χ0v) is 15.2. The molecule has 0 saturated carbocycles. The van der Waals surface area contributed by atoms with Crippen molar-refractivity contribution in [2.75, 3.05) is 31.6 Å². The van der Waals surface area contributed by atoms with Crippen LogP contribution in [-0.4, -0.2) is 43.0 Å². The number of amides is 2. The molecule has 2 amide bonds. The van der Waals surface area contributed by atoms with Crippen LogP contribution in [0.4, 0.5) is 5.69 Å². The van der Waals surface area contributed by atoms with Gasteiger partial charge in [-0.1, -0.05) is 26.0 Å². The first-order valence-corrected chi connectivity index (χ1v) is 8.70. The number of benzene rings is 2. The summed E-state index contributed by atoms with van der Waals surface area (Å²) in [6.45, 7) is 7.53. The molecule has 6 heteroatoms. The highest BCUT2D eigenvalue weighted by atomic mass is 16.5. The van der Waals surface area contributed by atoms with E-state index in [4.69, 9.17) is 10.5 Å². The van der Waals surface area contributed by atoms with E-state index in [1.165, 1.54) is 12.1 Å². The smallest absolute Gasteiger partial charge is 0.255 e. The Morgan fingerprint density at radius 3 is 2.23 bits per heavy atom. The molecule has 3 N–H and O–H groups in total. The lowest BCUT2D eigenvalue weighted by Crippen LogP contribution is -2.28. The number of nitrogens with two attached hydrogens (primary N) is 1. The predicted octanol–water partition coefficient (Wildman–Crippen LogP) is 2.76. The van der Waals surface area contributed by atoms with Gasteiger partial charge in [-0.15, -0.1) is 0 Å². The molecule has 6 nitrogen and oxygen atoms in total. The number of primary amides is 1. The molecule has 2 aromatic carbocycles. The van der Waals surface area contributed by atoms with Crippen molar-refractivity contribution in [2.45, 2.75) is 13.8 Å². The van der Waals surface area contributed by atoms with Crippen LogP contribution in [0.25, 0.3) is 0 Å². The van der Waals surface area contributed by atoms with Gasteiger partial charge < -0.3 is 20.7 Å². The van der Waals surface area contributed by atoms with Crippen molar-refractivity contribution in [1.29, 1.82) is 0 Å². The summed E-state index contributed by atoms with van der Waals surface area (Å²) in [6.07, 6.45) is 0. The van der Waals surface area contributed by atoms with Crippen LogP contribution in [0.3, 0.4) is 0 Å². The molecule has 0 aliphatic rings. The van der Waals surface area contributed by atoms with Gasteiger partial charge in [0, 0.05) is 17.7 Å². The van der Waals surface area contributed by atoms with Crippen molar-refractivity contribution >= 4 is 17.5 Å². The summed E-state index contributed by atoms with van der Waals surface area (Å²) in [7, 11) is 0. The van der Waals surface area contributed by atoms with E-state index in [0.29, 0.717) is 29.2 Å². The second-order valence-electron chi connectivity index (χ2n) is 5.77. The molecule has 26 heavy (non-hydrogen) atoms. The summed E-state index contributed by atoms with van der Waals surface area (Å²) in [5.41, 5.74) is 6.62. The summed E-state index contributed by atoms with van der Waals surface area (Å²) in [4.78, 5) is 25.8. The van der Waals surface area contributed by atoms with Gasteiger partial charge in [-0.05, 0) is 49.5 Å². The van der Waals surface area contributed by atoms with Crippen LogP contribution in [0.2, 0.25) is 0 Å². The normalized spacial score (nSPS) is 10.6. The maximum Gasteiger partial charge on any atom is 0.255 e. The topological polar surface area (TPSA) is 84.7 Å². The van der Waals surface area contributed by atoms with Gasteiger partial charge in [0.05, 0.1) is 5.69 Å². The maximum absolute atomic E-state index is 12.4. The molecule has 0 heterocycles. The fourth-order valence-electron chi connectivity index (χ4n) is 2.50. The third kappa shape index (κ3) is 5.32. The lowest BCUT2D eigenvalue weighted by atomic mass is 10.1. The van der Waals surface area contributed by atoms with Crippen LogP contribution >= 0.6 is 0 Å². The van der Waals surface area contributed by atoms with Gasteiger partial charge in [-0.2, -0.15) is 0 Å². The Kier molecular flexibility index (Phi) is 7.17. The van der Waals surface area contributed by atoms with Gasteiger partial charge in [0.15, 0.2) is 0 Å². The summed E-state index contributed by atoms with van der Waals surface area (Å²) in [5, 5.41) is 2.85. The number of rotatable bonds is 9. The maximum atomic E-state index is 12.4. The van der Waals surface area contributed by atoms with Gasteiger partial charge in [0.1, 0.15) is 12.4 Å². The monoisotopic (exact) mass is 355 g/mol. The Hall–Kier alpha value is -2.86. The second kappa shape index (κ2) is 9.58. The average molecular weight is 355 g/mol. The molecule has 0 fully saturated rings. The zero-order chi connectivity index (χ0) is 18.9. The summed E-state index contributed by atoms with van der Waals surface area (Å²) < 4.78 is 5.84. The third-order valence-corrected chi connectivity index (χ3v) is 4.13. The number of anilines is 1. The second-order valence-corrected chi connectivity index (χ2v) is 5.77. The standard InChI is InChI=1S/C20H25N3O3/c1-3-23(4-2)13-14-26-18-8-6-5-7-17(18)22-20(25)16-11-9-15(10-12-16)19(21)24/h5-12H,3-4,13-14H2,1-2H3,(H2,21,24)(H,22,25). The van der Waals surface area contributed by atoms with Crippen LogP contribution in [0.1, 0.15) is 34.6 Å². The molecular weight excluding hydrogens is 330 g/mol.